The lowest BCUT2D eigenvalue weighted by Crippen LogP contribution is -2.53. The molecule has 198 valence electrons. The Kier molecular flexibility index (Phi) is 11.2. The smallest absolute Gasteiger partial charge is 0.244 e. The van der Waals surface area contributed by atoms with Crippen LogP contribution in [0, 0.1) is 0 Å². The van der Waals surface area contributed by atoms with Gasteiger partial charge in [-0.3, -0.25) is 13.9 Å². The molecule has 0 heterocycles. The lowest BCUT2D eigenvalue weighted by molar-refractivity contribution is -0.140. The van der Waals surface area contributed by atoms with Crippen LogP contribution in [0.5, 0.6) is 0 Å². The fourth-order valence-corrected chi connectivity index (χ4v) is 5.38. The number of nitrogens with zero attached hydrogens (tertiary/aromatic N) is 2. The molecule has 0 aliphatic rings. The fraction of sp³-hybridized carbons (Fsp3) is 0.417. The van der Waals surface area contributed by atoms with Crippen molar-refractivity contribution in [2.75, 3.05) is 17.1 Å². The molecule has 2 aromatic rings. The molecule has 0 spiro atoms. The van der Waals surface area contributed by atoms with Crippen molar-refractivity contribution in [2.24, 2.45) is 0 Å². The molecule has 12 heteroatoms. The van der Waals surface area contributed by atoms with Gasteiger partial charge >= 0.3 is 0 Å². The molecule has 2 atom stereocenters. The third kappa shape index (κ3) is 8.15. The molecule has 0 aliphatic heterocycles. The van der Waals surface area contributed by atoms with E-state index in [0.29, 0.717) is 22.0 Å². The van der Waals surface area contributed by atoms with Crippen molar-refractivity contribution in [1.82, 2.24) is 10.2 Å². The summed E-state index contributed by atoms with van der Waals surface area (Å²) in [5.74, 6) is -0.987. The number of anilines is 1. The zero-order valence-electron chi connectivity index (χ0n) is 20.4. The van der Waals surface area contributed by atoms with Gasteiger partial charge in [0, 0.05) is 38.2 Å². The molecule has 0 bridgehead atoms. The van der Waals surface area contributed by atoms with Gasteiger partial charge in [-0.1, -0.05) is 66.3 Å². The summed E-state index contributed by atoms with van der Waals surface area (Å²) in [5.41, 5.74) is 0.567. The van der Waals surface area contributed by atoms with E-state index in [1.54, 1.807) is 25.1 Å². The Bertz CT molecular complexity index is 1170. The number of halogens is 4. The van der Waals surface area contributed by atoms with Crippen LogP contribution in [0.25, 0.3) is 0 Å². The van der Waals surface area contributed by atoms with Gasteiger partial charge in [-0.25, -0.2) is 8.42 Å². The Hall–Kier alpha value is -1.71. The molecule has 36 heavy (non-hydrogen) atoms. The summed E-state index contributed by atoms with van der Waals surface area (Å²) >= 11 is 24.9. The minimum absolute atomic E-state index is 0.0995. The van der Waals surface area contributed by atoms with Crippen LogP contribution in [0.3, 0.4) is 0 Å². The van der Waals surface area contributed by atoms with Gasteiger partial charge in [0.2, 0.25) is 21.8 Å². The van der Waals surface area contributed by atoms with Crippen molar-refractivity contribution in [1.29, 1.82) is 0 Å². The van der Waals surface area contributed by atoms with Crippen LogP contribution >= 0.6 is 46.4 Å². The number of benzene rings is 2. The highest BCUT2D eigenvalue weighted by atomic mass is 35.5. The Balaban J connectivity index is 2.53. The molecule has 0 saturated heterocycles. The Labute approximate surface area is 232 Å². The summed E-state index contributed by atoms with van der Waals surface area (Å²) in [6.45, 7) is 4.86. The summed E-state index contributed by atoms with van der Waals surface area (Å²) in [7, 11) is -3.93. The van der Waals surface area contributed by atoms with E-state index in [-0.39, 0.29) is 40.6 Å². The molecule has 0 saturated carbocycles. The van der Waals surface area contributed by atoms with Crippen LogP contribution in [-0.4, -0.2) is 50.0 Å². The molecule has 2 rings (SSSR count). The summed E-state index contributed by atoms with van der Waals surface area (Å²) in [6, 6.07) is 8.14. The van der Waals surface area contributed by atoms with Crippen molar-refractivity contribution in [3.8, 4) is 0 Å². The highest BCUT2D eigenvalue weighted by Crippen LogP contribution is 2.29. The molecule has 0 aliphatic carbocycles. The zero-order chi connectivity index (χ0) is 27.2. The van der Waals surface area contributed by atoms with Gasteiger partial charge < -0.3 is 10.2 Å². The number of sulfonamides is 1. The number of carbonyl (C=O) groups excluding carboxylic acids is 2. The van der Waals surface area contributed by atoms with Crippen LogP contribution in [0.1, 0.15) is 39.2 Å². The third-order valence-corrected chi connectivity index (χ3v) is 7.88. The summed E-state index contributed by atoms with van der Waals surface area (Å²) in [6.07, 6.45) is 1.94. The first-order valence-electron chi connectivity index (χ1n) is 11.2. The Morgan fingerprint density at radius 3 is 2.00 bits per heavy atom. The minimum Gasteiger partial charge on any atom is -0.352 e. The maximum absolute atomic E-state index is 13.7. The van der Waals surface area contributed by atoms with E-state index < -0.39 is 28.5 Å². The minimum atomic E-state index is -3.93. The lowest BCUT2D eigenvalue weighted by Gasteiger charge is -2.33. The monoisotopic (exact) mass is 595 g/mol. The number of hydrogen-bond donors (Lipinski definition) is 1. The standard InChI is InChI=1S/C24H29Cl4N3O4S/c1-5-15(3)29-24(33)22(6-2)30(13-19-20(27)8-7-9-21(19)28)23(32)14-31(36(4,34)35)18-11-16(25)10-17(26)12-18/h7-12,15,22H,5-6,13-14H2,1-4H3,(H,29,33)/t15-,22-/m1/s1. The first-order chi connectivity index (χ1) is 16.8. The first kappa shape index (κ1) is 30.5. The summed E-state index contributed by atoms with van der Waals surface area (Å²) < 4.78 is 26.3. The Morgan fingerprint density at radius 1 is 0.972 bits per heavy atom. The molecule has 1 N–H and O–H groups in total. The van der Waals surface area contributed by atoms with E-state index in [9.17, 15) is 18.0 Å². The van der Waals surface area contributed by atoms with Crippen molar-refractivity contribution >= 4 is 73.9 Å². The molecule has 2 aromatic carbocycles. The summed E-state index contributed by atoms with van der Waals surface area (Å²) in [5, 5.41) is 3.95. The molecule has 2 amide bonds. The largest absolute Gasteiger partial charge is 0.352 e. The predicted molar refractivity (Wildman–Crippen MR) is 148 cm³/mol. The molecule has 7 nitrogen and oxygen atoms in total. The highest BCUT2D eigenvalue weighted by Gasteiger charge is 2.33. The van der Waals surface area contributed by atoms with Crippen LogP contribution in [-0.2, 0) is 26.2 Å². The third-order valence-electron chi connectivity index (χ3n) is 5.59. The average molecular weight is 597 g/mol. The number of amides is 2. The number of rotatable bonds is 11. The van der Waals surface area contributed by atoms with Gasteiger partial charge in [-0.15, -0.1) is 0 Å². The predicted octanol–water partition coefficient (Wildman–Crippen LogP) is 5.79. The maximum Gasteiger partial charge on any atom is 0.244 e. The number of nitrogens with one attached hydrogen (secondary N) is 1. The maximum atomic E-state index is 13.7. The van der Waals surface area contributed by atoms with Crippen molar-refractivity contribution in [3.05, 3.63) is 62.1 Å². The van der Waals surface area contributed by atoms with Crippen LogP contribution < -0.4 is 9.62 Å². The second-order valence-corrected chi connectivity index (χ2v) is 12.0. The first-order valence-corrected chi connectivity index (χ1v) is 14.6. The van der Waals surface area contributed by atoms with E-state index in [2.05, 4.69) is 5.32 Å². The number of hydrogen-bond acceptors (Lipinski definition) is 4. The normalized spacial score (nSPS) is 13.1. The van der Waals surface area contributed by atoms with Crippen molar-refractivity contribution in [3.63, 3.8) is 0 Å². The van der Waals surface area contributed by atoms with Gasteiger partial charge in [-0.05, 0) is 50.1 Å². The molecule has 0 unspecified atom stereocenters. The zero-order valence-corrected chi connectivity index (χ0v) is 24.2. The SMILES string of the molecule is CC[C@@H](C)NC(=O)[C@@H](CC)N(Cc1c(Cl)cccc1Cl)C(=O)CN(c1cc(Cl)cc(Cl)c1)S(C)(=O)=O. The molecule has 0 radical (unpaired) electrons. The van der Waals surface area contributed by atoms with Gasteiger partial charge in [0.1, 0.15) is 12.6 Å². The second-order valence-electron chi connectivity index (χ2n) is 8.36. The van der Waals surface area contributed by atoms with Gasteiger partial charge in [0.15, 0.2) is 0 Å². The molecular weight excluding hydrogens is 568 g/mol. The summed E-state index contributed by atoms with van der Waals surface area (Å²) in [4.78, 5) is 28.2. The van der Waals surface area contributed by atoms with Crippen LogP contribution in [0.4, 0.5) is 5.69 Å². The topological polar surface area (TPSA) is 86.8 Å². The van der Waals surface area contributed by atoms with Crippen LogP contribution in [0.15, 0.2) is 36.4 Å². The molecule has 0 aromatic heterocycles. The van der Waals surface area contributed by atoms with E-state index in [0.717, 1.165) is 10.6 Å². The van der Waals surface area contributed by atoms with Gasteiger partial charge in [0.05, 0.1) is 11.9 Å². The Morgan fingerprint density at radius 2 is 1.53 bits per heavy atom. The van der Waals surface area contributed by atoms with Crippen LogP contribution in [0.2, 0.25) is 20.1 Å². The average Bonchev–Trinajstić information content (AvgIpc) is 2.77. The molecule has 0 fully saturated rings. The van der Waals surface area contributed by atoms with E-state index >= 15 is 0 Å². The van der Waals surface area contributed by atoms with E-state index in [4.69, 9.17) is 46.4 Å². The van der Waals surface area contributed by atoms with Crippen molar-refractivity contribution in [2.45, 2.75) is 52.2 Å². The lowest BCUT2D eigenvalue weighted by atomic mass is 10.1. The van der Waals surface area contributed by atoms with E-state index in [1.807, 2.05) is 13.8 Å². The number of carbonyl (C=O) groups is 2. The van der Waals surface area contributed by atoms with Crippen molar-refractivity contribution < 1.29 is 18.0 Å². The van der Waals surface area contributed by atoms with Gasteiger partial charge in [0.25, 0.3) is 0 Å². The quantitative estimate of drug-likeness (QED) is 0.356. The molecular formula is C24H29Cl4N3O4S. The fourth-order valence-electron chi connectivity index (χ4n) is 3.51. The van der Waals surface area contributed by atoms with E-state index in [1.165, 1.54) is 23.1 Å². The highest BCUT2D eigenvalue weighted by molar-refractivity contribution is 7.92. The van der Waals surface area contributed by atoms with Gasteiger partial charge in [-0.2, -0.15) is 0 Å². The second kappa shape index (κ2) is 13.2.